The van der Waals surface area contributed by atoms with Gasteiger partial charge in [0.1, 0.15) is 0 Å². The predicted molar refractivity (Wildman–Crippen MR) is 78.4 cm³/mol. The highest BCUT2D eigenvalue weighted by Gasteiger charge is 2.16. The first-order valence-electron chi connectivity index (χ1n) is 6.26. The molecule has 0 aliphatic carbocycles. The van der Waals surface area contributed by atoms with E-state index in [2.05, 4.69) is 10.6 Å². The first kappa shape index (κ1) is 17.1. The SMILES string of the molecule is CC(NC(=O)CNC(=O)CN)c1ccc2c(c1)OCO2.Cl. The molecule has 0 spiro atoms. The van der Waals surface area contributed by atoms with Gasteiger partial charge in [-0.3, -0.25) is 9.59 Å². The van der Waals surface area contributed by atoms with Gasteiger partial charge in [-0.15, -0.1) is 12.4 Å². The average molecular weight is 316 g/mol. The van der Waals surface area contributed by atoms with E-state index in [1.54, 1.807) is 6.07 Å². The zero-order chi connectivity index (χ0) is 14.5. The molecular formula is C13H18ClN3O4. The van der Waals surface area contributed by atoms with Gasteiger partial charge in [0.25, 0.3) is 0 Å². The summed E-state index contributed by atoms with van der Waals surface area (Å²) in [6.45, 7) is 1.83. The van der Waals surface area contributed by atoms with Crippen LogP contribution in [0, 0.1) is 0 Å². The van der Waals surface area contributed by atoms with Gasteiger partial charge in [0, 0.05) is 0 Å². The van der Waals surface area contributed by atoms with Crippen LogP contribution in [0.3, 0.4) is 0 Å². The van der Waals surface area contributed by atoms with Crippen molar-refractivity contribution in [3.05, 3.63) is 23.8 Å². The van der Waals surface area contributed by atoms with Crippen LogP contribution < -0.4 is 25.8 Å². The number of carbonyl (C=O) groups is 2. The Morgan fingerprint density at radius 3 is 2.71 bits per heavy atom. The Morgan fingerprint density at radius 1 is 1.29 bits per heavy atom. The highest BCUT2D eigenvalue weighted by molar-refractivity contribution is 5.85. The molecule has 0 aromatic heterocycles. The second kappa shape index (κ2) is 7.70. The molecule has 1 atom stereocenters. The standard InChI is InChI=1S/C13H17N3O4.ClH/c1-8(16-13(18)6-15-12(17)5-14)9-2-3-10-11(4-9)20-7-19-10;/h2-4,8H,5-7,14H2,1H3,(H,15,17)(H,16,18);1H. The van der Waals surface area contributed by atoms with Gasteiger partial charge in [0.05, 0.1) is 19.1 Å². The summed E-state index contributed by atoms with van der Waals surface area (Å²) >= 11 is 0. The Balaban J connectivity index is 0.00000220. The molecule has 7 nitrogen and oxygen atoms in total. The van der Waals surface area contributed by atoms with Crippen molar-refractivity contribution >= 4 is 24.2 Å². The molecule has 1 aliphatic rings. The van der Waals surface area contributed by atoms with E-state index in [0.29, 0.717) is 11.5 Å². The highest BCUT2D eigenvalue weighted by atomic mass is 35.5. The number of fused-ring (bicyclic) bond motifs is 1. The summed E-state index contributed by atoms with van der Waals surface area (Å²) in [5.74, 6) is 0.718. The zero-order valence-corrected chi connectivity index (χ0v) is 12.4. The Kier molecular flexibility index (Phi) is 6.26. The van der Waals surface area contributed by atoms with E-state index in [4.69, 9.17) is 15.2 Å². The maximum atomic E-state index is 11.7. The molecule has 1 aliphatic heterocycles. The maximum Gasteiger partial charge on any atom is 0.239 e. The van der Waals surface area contributed by atoms with Crippen LogP contribution >= 0.6 is 12.4 Å². The van der Waals surface area contributed by atoms with Crippen molar-refractivity contribution in [1.82, 2.24) is 10.6 Å². The van der Waals surface area contributed by atoms with E-state index in [1.165, 1.54) is 0 Å². The van der Waals surface area contributed by atoms with E-state index in [9.17, 15) is 9.59 Å². The van der Waals surface area contributed by atoms with Gasteiger partial charge in [-0.05, 0) is 24.6 Å². The van der Waals surface area contributed by atoms with Crippen molar-refractivity contribution in [1.29, 1.82) is 0 Å². The summed E-state index contributed by atoms with van der Waals surface area (Å²) in [4.78, 5) is 22.6. The van der Waals surface area contributed by atoms with Gasteiger partial charge in [-0.2, -0.15) is 0 Å². The van der Waals surface area contributed by atoms with Crippen LogP contribution in [0.2, 0.25) is 0 Å². The number of halogens is 1. The Morgan fingerprint density at radius 2 is 2.00 bits per heavy atom. The molecule has 4 N–H and O–H groups in total. The lowest BCUT2D eigenvalue weighted by atomic mass is 10.1. The van der Waals surface area contributed by atoms with Gasteiger partial charge >= 0.3 is 0 Å². The molecule has 2 rings (SSSR count). The molecule has 0 bridgehead atoms. The summed E-state index contributed by atoms with van der Waals surface area (Å²) in [7, 11) is 0. The minimum absolute atomic E-state index is 0. The van der Waals surface area contributed by atoms with Gasteiger partial charge in [-0.1, -0.05) is 6.07 Å². The molecule has 8 heteroatoms. The average Bonchev–Trinajstić information content (AvgIpc) is 2.91. The van der Waals surface area contributed by atoms with Gasteiger partial charge < -0.3 is 25.8 Å². The van der Waals surface area contributed by atoms with E-state index in [-0.39, 0.29) is 50.1 Å². The topological polar surface area (TPSA) is 103 Å². The highest BCUT2D eigenvalue weighted by Crippen LogP contribution is 2.34. The summed E-state index contributed by atoms with van der Waals surface area (Å²) in [6, 6.07) is 5.28. The molecule has 0 saturated heterocycles. The monoisotopic (exact) mass is 315 g/mol. The lowest BCUT2D eigenvalue weighted by Crippen LogP contribution is -2.40. The fourth-order valence-corrected chi connectivity index (χ4v) is 1.81. The van der Waals surface area contributed by atoms with Crippen LogP contribution in [0.15, 0.2) is 18.2 Å². The third-order valence-electron chi connectivity index (χ3n) is 2.91. The van der Waals surface area contributed by atoms with Crippen LogP contribution in [0.4, 0.5) is 0 Å². The number of nitrogens with one attached hydrogen (secondary N) is 2. The summed E-state index contributed by atoms with van der Waals surface area (Å²) in [5.41, 5.74) is 6.03. The van der Waals surface area contributed by atoms with Crippen molar-refractivity contribution in [2.45, 2.75) is 13.0 Å². The first-order valence-corrected chi connectivity index (χ1v) is 6.26. The van der Waals surface area contributed by atoms with Gasteiger partial charge in [-0.25, -0.2) is 0 Å². The van der Waals surface area contributed by atoms with Crippen LogP contribution in [0.5, 0.6) is 11.5 Å². The Labute approximate surface area is 128 Å². The van der Waals surface area contributed by atoms with Crippen molar-refractivity contribution in [3.63, 3.8) is 0 Å². The van der Waals surface area contributed by atoms with E-state index in [0.717, 1.165) is 5.56 Å². The van der Waals surface area contributed by atoms with Gasteiger partial charge in [0.15, 0.2) is 11.5 Å². The second-order valence-corrected chi connectivity index (χ2v) is 4.38. The van der Waals surface area contributed by atoms with Crippen LogP contribution in [-0.4, -0.2) is 31.7 Å². The summed E-state index contributed by atoms with van der Waals surface area (Å²) in [6.07, 6.45) is 0. The fourth-order valence-electron chi connectivity index (χ4n) is 1.81. The number of rotatable bonds is 5. The number of ether oxygens (including phenoxy) is 2. The summed E-state index contributed by atoms with van der Waals surface area (Å²) < 4.78 is 10.5. The fraction of sp³-hybridized carbons (Fsp3) is 0.385. The van der Waals surface area contributed by atoms with E-state index < -0.39 is 0 Å². The lowest BCUT2D eigenvalue weighted by Gasteiger charge is -2.15. The third-order valence-corrected chi connectivity index (χ3v) is 2.91. The number of amides is 2. The minimum Gasteiger partial charge on any atom is -0.454 e. The Hall–Kier alpha value is -1.99. The van der Waals surface area contributed by atoms with E-state index >= 15 is 0 Å². The van der Waals surface area contributed by atoms with Crippen LogP contribution in [-0.2, 0) is 9.59 Å². The molecule has 116 valence electrons. The number of hydrogen-bond donors (Lipinski definition) is 3. The van der Waals surface area contributed by atoms with Crippen molar-refractivity contribution in [2.75, 3.05) is 19.9 Å². The Bertz CT molecular complexity index is 524. The molecule has 0 radical (unpaired) electrons. The number of hydrogen-bond acceptors (Lipinski definition) is 5. The molecule has 1 aromatic rings. The molecule has 21 heavy (non-hydrogen) atoms. The minimum atomic E-state index is -0.365. The van der Waals surface area contributed by atoms with Crippen LogP contribution in [0.1, 0.15) is 18.5 Å². The van der Waals surface area contributed by atoms with Crippen molar-refractivity contribution in [2.24, 2.45) is 5.73 Å². The molecule has 0 saturated carbocycles. The van der Waals surface area contributed by atoms with Gasteiger partial charge in [0.2, 0.25) is 18.6 Å². The normalized spacial score (nSPS) is 13.0. The number of benzene rings is 1. The predicted octanol–water partition coefficient (Wildman–Crippen LogP) is 0.0892. The quantitative estimate of drug-likeness (QED) is 0.714. The molecule has 1 unspecified atom stereocenters. The molecule has 0 fully saturated rings. The third kappa shape index (κ3) is 4.51. The summed E-state index contributed by atoms with van der Waals surface area (Å²) in [5, 5.41) is 5.19. The lowest BCUT2D eigenvalue weighted by molar-refractivity contribution is -0.125. The zero-order valence-electron chi connectivity index (χ0n) is 11.5. The van der Waals surface area contributed by atoms with E-state index in [1.807, 2.05) is 19.1 Å². The first-order chi connectivity index (χ1) is 9.60. The van der Waals surface area contributed by atoms with Crippen molar-refractivity contribution in [3.8, 4) is 11.5 Å². The molecular weight excluding hydrogens is 298 g/mol. The number of carbonyl (C=O) groups excluding carboxylic acids is 2. The molecule has 2 amide bonds. The van der Waals surface area contributed by atoms with Crippen molar-refractivity contribution < 1.29 is 19.1 Å². The largest absolute Gasteiger partial charge is 0.454 e. The number of nitrogens with two attached hydrogens (primary N) is 1. The second-order valence-electron chi connectivity index (χ2n) is 4.38. The molecule has 1 heterocycles. The van der Waals surface area contributed by atoms with Crippen LogP contribution in [0.25, 0.3) is 0 Å². The maximum absolute atomic E-state index is 11.7. The molecule has 1 aromatic carbocycles. The smallest absolute Gasteiger partial charge is 0.239 e.